The Hall–Kier alpha value is -2.91. The Morgan fingerprint density at radius 2 is 2.18 bits per heavy atom. The summed E-state index contributed by atoms with van der Waals surface area (Å²) in [6.07, 6.45) is 6.23. The van der Waals surface area contributed by atoms with Crippen molar-refractivity contribution in [3.8, 4) is 0 Å². The van der Waals surface area contributed by atoms with E-state index in [0.29, 0.717) is 5.65 Å². The summed E-state index contributed by atoms with van der Waals surface area (Å²) in [6.45, 7) is -0.0506. The lowest BCUT2D eigenvalue weighted by Gasteiger charge is -2.02. The van der Waals surface area contributed by atoms with Crippen LogP contribution in [0.15, 0.2) is 41.2 Å². The van der Waals surface area contributed by atoms with Gasteiger partial charge in [0.15, 0.2) is 5.65 Å². The van der Waals surface area contributed by atoms with Crippen LogP contribution in [0.5, 0.6) is 0 Å². The van der Waals surface area contributed by atoms with Gasteiger partial charge in [-0.05, 0) is 24.5 Å². The molecule has 0 bridgehead atoms. The fourth-order valence-corrected chi connectivity index (χ4v) is 3.42. The number of aromatic nitrogens is 3. The fraction of sp³-hybridized carbons (Fsp3) is 0.111. The van der Waals surface area contributed by atoms with Crippen molar-refractivity contribution in [1.82, 2.24) is 19.9 Å². The summed E-state index contributed by atoms with van der Waals surface area (Å²) in [5, 5.41) is 6.81. The van der Waals surface area contributed by atoms with E-state index >= 15 is 0 Å². The molecule has 0 unspecified atom stereocenters. The molecule has 0 spiro atoms. The molecule has 0 radical (unpaired) electrons. The summed E-state index contributed by atoms with van der Waals surface area (Å²) >= 11 is 7.23. The molecule has 0 aliphatic heterocycles. The number of nitrogens with zero attached hydrogens (tertiary/aromatic N) is 3. The summed E-state index contributed by atoms with van der Waals surface area (Å²) in [5.74, 6) is -0.798. The number of hydrogen-bond donors (Lipinski definition) is 1. The number of thioether (sulfide) groups is 1. The smallest absolute Gasteiger partial charge is 0.257 e. The number of fused-ring (bicyclic) bond motifs is 2. The zero-order valence-electron chi connectivity index (χ0n) is 14.4. The molecule has 10 heteroatoms. The molecule has 1 aromatic carbocycles. The van der Waals surface area contributed by atoms with Gasteiger partial charge in [-0.25, -0.2) is 13.9 Å². The van der Waals surface area contributed by atoms with Crippen molar-refractivity contribution in [3.63, 3.8) is 0 Å². The summed E-state index contributed by atoms with van der Waals surface area (Å²) < 4.78 is 21.0. The van der Waals surface area contributed by atoms with E-state index in [1.807, 2.05) is 0 Å². The van der Waals surface area contributed by atoms with Crippen LogP contribution in [0, 0.1) is 5.82 Å². The molecule has 142 valence electrons. The Morgan fingerprint density at radius 1 is 1.36 bits per heavy atom. The zero-order valence-corrected chi connectivity index (χ0v) is 16.0. The highest BCUT2D eigenvalue weighted by atomic mass is 35.5. The predicted octanol–water partition coefficient (Wildman–Crippen LogP) is 3.70. The summed E-state index contributed by atoms with van der Waals surface area (Å²) in [7, 11) is 0. The van der Waals surface area contributed by atoms with E-state index in [-0.39, 0.29) is 44.5 Å². The van der Waals surface area contributed by atoms with Gasteiger partial charge in [-0.1, -0.05) is 23.4 Å². The standard InChI is InChI=1S/C18H12ClFN4O3S/c1-28-18(26)11-6-9(20)5-10-14(19)13(27-15(10)11)8-22-17(25)12-7-23-24-4-2-3-21-16(12)24/h2-7H,8H2,1H3,(H,22,25). The Kier molecular flexibility index (Phi) is 4.78. The molecular formula is C18H12ClFN4O3S. The average molecular weight is 419 g/mol. The van der Waals surface area contributed by atoms with E-state index in [9.17, 15) is 14.0 Å². The third-order valence-corrected chi connectivity index (χ3v) is 5.10. The van der Waals surface area contributed by atoms with Gasteiger partial charge in [-0.2, -0.15) is 5.10 Å². The van der Waals surface area contributed by atoms with Crippen molar-refractivity contribution in [2.75, 3.05) is 6.26 Å². The maximum Gasteiger partial charge on any atom is 0.257 e. The largest absolute Gasteiger partial charge is 0.457 e. The first-order valence-corrected chi connectivity index (χ1v) is 9.65. The maximum absolute atomic E-state index is 13.9. The molecule has 0 atom stereocenters. The molecular weight excluding hydrogens is 407 g/mol. The van der Waals surface area contributed by atoms with Crippen molar-refractivity contribution < 1.29 is 18.4 Å². The van der Waals surface area contributed by atoms with Gasteiger partial charge in [0.25, 0.3) is 5.91 Å². The number of halogens is 2. The molecule has 1 N–H and O–H groups in total. The van der Waals surface area contributed by atoms with Gasteiger partial charge in [-0.3, -0.25) is 9.59 Å². The van der Waals surface area contributed by atoms with Crippen molar-refractivity contribution in [1.29, 1.82) is 0 Å². The van der Waals surface area contributed by atoms with Crippen molar-refractivity contribution in [2.45, 2.75) is 6.54 Å². The molecule has 4 aromatic rings. The second-order valence-electron chi connectivity index (χ2n) is 5.79. The quantitative estimate of drug-likeness (QED) is 0.543. The number of amides is 1. The van der Waals surface area contributed by atoms with Crippen molar-refractivity contribution in [3.05, 3.63) is 64.5 Å². The molecule has 0 saturated heterocycles. The molecule has 0 aliphatic rings. The number of carbonyl (C=O) groups excluding carboxylic acids is 2. The van der Waals surface area contributed by atoms with Gasteiger partial charge >= 0.3 is 0 Å². The third-order valence-electron chi connectivity index (χ3n) is 4.10. The minimum Gasteiger partial charge on any atom is -0.457 e. The zero-order chi connectivity index (χ0) is 19.8. The summed E-state index contributed by atoms with van der Waals surface area (Å²) in [5.41, 5.74) is 0.976. The highest BCUT2D eigenvalue weighted by molar-refractivity contribution is 8.13. The van der Waals surface area contributed by atoms with Gasteiger partial charge in [0.05, 0.1) is 23.3 Å². The lowest BCUT2D eigenvalue weighted by Crippen LogP contribution is -2.22. The van der Waals surface area contributed by atoms with Crippen LogP contribution in [0.4, 0.5) is 4.39 Å². The van der Waals surface area contributed by atoms with E-state index in [2.05, 4.69) is 15.4 Å². The van der Waals surface area contributed by atoms with Crippen LogP contribution >= 0.6 is 23.4 Å². The summed E-state index contributed by atoms with van der Waals surface area (Å²) in [6, 6.07) is 4.00. The van der Waals surface area contributed by atoms with E-state index in [1.54, 1.807) is 24.7 Å². The topological polar surface area (TPSA) is 89.5 Å². The second-order valence-corrected chi connectivity index (χ2v) is 6.95. The molecule has 4 rings (SSSR count). The summed E-state index contributed by atoms with van der Waals surface area (Å²) in [4.78, 5) is 28.7. The lowest BCUT2D eigenvalue weighted by molar-refractivity contribution is 0.0949. The molecule has 28 heavy (non-hydrogen) atoms. The van der Waals surface area contributed by atoms with Crippen LogP contribution < -0.4 is 5.32 Å². The number of benzene rings is 1. The Morgan fingerprint density at radius 3 is 2.96 bits per heavy atom. The van der Waals surface area contributed by atoms with Gasteiger partial charge in [0, 0.05) is 17.8 Å². The van der Waals surface area contributed by atoms with Crippen LogP contribution in [-0.2, 0) is 6.54 Å². The molecule has 1 amide bonds. The SMILES string of the molecule is CSC(=O)c1cc(F)cc2c(Cl)c(CNC(=O)c3cnn4cccnc34)oc12. The highest BCUT2D eigenvalue weighted by Crippen LogP contribution is 2.34. The molecule has 0 saturated carbocycles. The lowest BCUT2D eigenvalue weighted by atomic mass is 10.1. The second kappa shape index (κ2) is 7.25. The number of hydrogen-bond acceptors (Lipinski definition) is 6. The minimum absolute atomic E-state index is 0.0506. The van der Waals surface area contributed by atoms with Gasteiger partial charge in [0.1, 0.15) is 22.7 Å². The van der Waals surface area contributed by atoms with Gasteiger partial charge in [-0.15, -0.1) is 0 Å². The van der Waals surface area contributed by atoms with Crippen molar-refractivity contribution in [2.24, 2.45) is 0 Å². The first kappa shape index (κ1) is 18.5. The van der Waals surface area contributed by atoms with Crippen LogP contribution in [-0.4, -0.2) is 31.9 Å². The molecule has 0 fully saturated rings. The van der Waals surface area contributed by atoms with Gasteiger partial charge in [0.2, 0.25) is 5.12 Å². The normalized spacial score (nSPS) is 11.2. The first-order chi connectivity index (χ1) is 13.5. The van der Waals surface area contributed by atoms with E-state index in [0.717, 1.165) is 17.8 Å². The van der Waals surface area contributed by atoms with Crippen molar-refractivity contribution >= 4 is 51.0 Å². The number of nitrogens with one attached hydrogen (secondary N) is 1. The maximum atomic E-state index is 13.9. The van der Waals surface area contributed by atoms with Crippen LogP contribution in [0.1, 0.15) is 26.5 Å². The van der Waals surface area contributed by atoms with E-state index < -0.39 is 11.7 Å². The Bertz CT molecular complexity index is 1240. The highest BCUT2D eigenvalue weighted by Gasteiger charge is 2.21. The molecule has 3 aromatic heterocycles. The molecule has 0 aliphatic carbocycles. The fourth-order valence-electron chi connectivity index (χ4n) is 2.80. The van der Waals surface area contributed by atoms with Crippen LogP contribution in [0.25, 0.3) is 16.6 Å². The van der Waals surface area contributed by atoms with E-state index in [1.165, 1.54) is 16.8 Å². The first-order valence-electron chi connectivity index (χ1n) is 8.05. The van der Waals surface area contributed by atoms with Crippen LogP contribution in [0.2, 0.25) is 5.02 Å². The van der Waals surface area contributed by atoms with E-state index in [4.69, 9.17) is 16.0 Å². The van der Waals surface area contributed by atoms with Crippen LogP contribution in [0.3, 0.4) is 0 Å². The minimum atomic E-state index is -0.597. The third kappa shape index (κ3) is 3.12. The Labute approximate surface area is 166 Å². The monoisotopic (exact) mass is 418 g/mol. The number of rotatable bonds is 4. The Balaban J connectivity index is 1.64. The molecule has 7 nitrogen and oxygen atoms in total. The average Bonchev–Trinajstić information content (AvgIpc) is 3.27. The number of carbonyl (C=O) groups is 2. The number of furan rings is 1. The predicted molar refractivity (Wildman–Crippen MR) is 103 cm³/mol. The molecule has 3 heterocycles. The van der Waals surface area contributed by atoms with Gasteiger partial charge < -0.3 is 9.73 Å².